The van der Waals surface area contributed by atoms with Gasteiger partial charge < -0.3 is 0 Å². The van der Waals surface area contributed by atoms with Gasteiger partial charge in [-0.15, -0.1) is 0 Å². The van der Waals surface area contributed by atoms with Crippen molar-refractivity contribution in [3.63, 3.8) is 0 Å². The summed E-state index contributed by atoms with van der Waals surface area (Å²) in [5, 5.41) is 7.73. The molecule has 18 nitrogen and oxygen atoms in total. The van der Waals surface area contributed by atoms with E-state index in [0.29, 0.717) is 0 Å². The smallest absolute Gasteiger partial charge is 0.287 e. The maximum atomic E-state index is 13.0. The van der Waals surface area contributed by atoms with E-state index in [-0.39, 0.29) is 44.8 Å². The molecule has 4 aromatic carbocycles. The summed E-state index contributed by atoms with van der Waals surface area (Å²) in [5.74, 6) is -1.45. The number of benzene rings is 4. The first-order valence-electron chi connectivity index (χ1n) is 15.4. The monoisotopic (exact) mass is 840 g/mol. The molecular formula is C34H24N4O14S4. The van der Waals surface area contributed by atoms with E-state index in [1.807, 2.05) is 0 Å². The molecule has 6 N–H and O–H groups in total. The van der Waals surface area contributed by atoms with E-state index in [1.54, 1.807) is 0 Å². The normalized spacial score (nSPS) is 16.4. The van der Waals surface area contributed by atoms with Crippen molar-refractivity contribution in [1.29, 1.82) is 0 Å². The average molecular weight is 841 g/mol. The van der Waals surface area contributed by atoms with Crippen molar-refractivity contribution in [2.24, 2.45) is 10.2 Å². The zero-order valence-corrected chi connectivity index (χ0v) is 31.1. The van der Waals surface area contributed by atoms with Gasteiger partial charge in [0.05, 0.1) is 11.4 Å². The molecular weight excluding hydrogens is 817 g/mol. The summed E-state index contributed by atoms with van der Waals surface area (Å²) in [6, 6.07) is 17.7. The van der Waals surface area contributed by atoms with Gasteiger partial charge in [-0.3, -0.25) is 38.7 Å². The predicted molar refractivity (Wildman–Crippen MR) is 204 cm³/mol. The van der Waals surface area contributed by atoms with Crippen LogP contribution in [0.25, 0.3) is 22.0 Å². The molecule has 0 atom stereocenters. The van der Waals surface area contributed by atoms with Gasteiger partial charge in [-0.1, -0.05) is 72.8 Å². The van der Waals surface area contributed by atoms with E-state index in [4.69, 9.17) is 0 Å². The van der Waals surface area contributed by atoms with Gasteiger partial charge in [-0.25, -0.2) is 0 Å². The lowest BCUT2D eigenvalue weighted by molar-refractivity contribution is 0.105. The Balaban J connectivity index is 1.30. The Labute approximate surface area is 318 Å². The molecule has 0 spiro atoms. The molecule has 56 heavy (non-hydrogen) atoms. The van der Waals surface area contributed by atoms with Crippen molar-refractivity contribution in [2.75, 3.05) is 10.9 Å². The zero-order chi connectivity index (χ0) is 40.8. The fourth-order valence-electron chi connectivity index (χ4n) is 5.55. The van der Waals surface area contributed by atoms with Crippen LogP contribution in [0, 0.1) is 0 Å². The van der Waals surface area contributed by atoms with Gasteiger partial charge in [-0.05, 0) is 47.5 Å². The summed E-state index contributed by atoms with van der Waals surface area (Å²) in [6.07, 6.45) is 3.80. The molecule has 0 fully saturated rings. The van der Waals surface area contributed by atoms with Gasteiger partial charge in [0.25, 0.3) is 40.5 Å². The van der Waals surface area contributed by atoms with Gasteiger partial charge in [0.15, 0.2) is 0 Å². The molecule has 4 aromatic rings. The van der Waals surface area contributed by atoms with Crippen molar-refractivity contribution >= 4 is 96.8 Å². The van der Waals surface area contributed by atoms with Crippen molar-refractivity contribution < 1.29 is 61.5 Å². The number of anilines is 2. The molecule has 0 bridgehead atoms. The Morgan fingerprint density at radius 3 is 1.12 bits per heavy atom. The van der Waals surface area contributed by atoms with Crippen molar-refractivity contribution in [3.8, 4) is 0 Å². The van der Waals surface area contributed by atoms with Crippen LogP contribution >= 0.6 is 0 Å². The van der Waals surface area contributed by atoms with Crippen molar-refractivity contribution in [3.05, 3.63) is 130 Å². The third-order valence-electron chi connectivity index (χ3n) is 8.07. The van der Waals surface area contributed by atoms with Gasteiger partial charge in [0.1, 0.15) is 31.0 Å². The zero-order valence-electron chi connectivity index (χ0n) is 27.8. The number of rotatable bonds is 10. The van der Waals surface area contributed by atoms with Crippen LogP contribution in [0.2, 0.25) is 0 Å². The minimum Gasteiger partial charge on any atom is -0.287 e. The molecule has 0 aliphatic heterocycles. The summed E-state index contributed by atoms with van der Waals surface area (Å²) in [4.78, 5) is 23.3. The van der Waals surface area contributed by atoms with Crippen LogP contribution < -0.4 is 10.9 Å². The molecule has 0 aromatic heterocycles. The van der Waals surface area contributed by atoms with Crippen LogP contribution in [0.1, 0.15) is 43.0 Å². The summed E-state index contributed by atoms with van der Waals surface area (Å²) in [7, 11) is -19.6. The van der Waals surface area contributed by atoms with Crippen LogP contribution in [0.4, 0.5) is 11.4 Å². The number of carbonyl (C=O) groups is 2. The second-order valence-corrected chi connectivity index (χ2v) is 17.3. The molecule has 22 heteroatoms. The Hall–Kier alpha value is -5.98. The minimum atomic E-state index is -4.99. The largest absolute Gasteiger partial charge is 0.295 e. The first-order chi connectivity index (χ1) is 26.1. The van der Waals surface area contributed by atoms with Crippen LogP contribution in [-0.2, 0) is 40.5 Å². The number of fused-ring (bicyclic) bond motifs is 2. The van der Waals surface area contributed by atoms with E-state index in [2.05, 4.69) is 21.1 Å². The number of Topliss-reactive ketones (excluding diaryl/α,β-unsaturated/α-hetero) is 2. The number of hydrogen-bond acceptors (Lipinski definition) is 14. The summed E-state index contributed by atoms with van der Waals surface area (Å²) in [6.45, 7) is 0. The standard InChI is InChI=1S/C34H24N4O14S4/c39-33-25-7-3-1-5-23(25)31(55(47,48)49)17-27(33)37-35-21-13-11-19(29(15-21)53(41,42)43)9-10-20-12-14-22(16-30(20)54(44,45)46)36-38-28-18-32(56(50,51)52)24-6-2-4-8-26(24)34(28)40/h1-18,35-36H,(H,41,42,43)(H,44,45,46)(H,47,48,49)(H,50,51,52). The average Bonchev–Trinajstić information content (AvgIpc) is 3.12. The highest BCUT2D eigenvalue weighted by Gasteiger charge is 2.31. The van der Waals surface area contributed by atoms with Crippen LogP contribution in [-0.4, -0.2) is 74.9 Å². The summed E-state index contributed by atoms with van der Waals surface area (Å²) < 4.78 is 137. The van der Waals surface area contributed by atoms with Crippen molar-refractivity contribution in [2.45, 2.75) is 9.79 Å². The minimum absolute atomic E-state index is 0.0578. The highest BCUT2D eigenvalue weighted by molar-refractivity contribution is 7.95. The molecule has 0 heterocycles. The van der Waals surface area contributed by atoms with Gasteiger partial charge >= 0.3 is 0 Å². The molecule has 0 radical (unpaired) electrons. The highest BCUT2D eigenvalue weighted by Crippen LogP contribution is 2.31. The molecule has 2 aliphatic carbocycles. The number of hydrogen-bond donors (Lipinski definition) is 6. The molecule has 6 rings (SSSR count). The Morgan fingerprint density at radius 2 is 0.804 bits per heavy atom. The molecule has 2 aliphatic rings. The SMILES string of the molecule is O=C1C(=NNc2ccc(C=Cc3ccc(NN=C4C=C(S(=O)(=O)O)c5ccccc5C4=O)cc3S(=O)(=O)O)c(S(=O)(=O)O)c2)C=C(S(=O)(=O)O)c2ccccc21. The van der Waals surface area contributed by atoms with Crippen molar-refractivity contribution in [1.82, 2.24) is 0 Å². The number of nitrogens with one attached hydrogen (secondary N) is 2. The van der Waals surface area contributed by atoms with Gasteiger partial charge in [-0.2, -0.15) is 43.9 Å². The van der Waals surface area contributed by atoms with Crippen LogP contribution in [0.3, 0.4) is 0 Å². The van der Waals surface area contributed by atoms with Crippen LogP contribution in [0.5, 0.6) is 0 Å². The number of ketones is 2. The molecule has 0 saturated heterocycles. The summed E-state index contributed by atoms with van der Waals surface area (Å²) in [5.41, 5.74) is 2.94. The van der Waals surface area contributed by atoms with E-state index in [0.717, 1.165) is 48.6 Å². The number of allylic oxidation sites excluding steroid dienone is 2. The third kappa shape index (κ3) is 8.31. The van der Waals surface area contributed by atoms with Crippen LogP contribution in [0.15, 0.2) is 117 Å². The first-order valence-corrected chi connectivity index (χ1v) is 21.1. The lowest BCUT2D eigenvalue weighted by Gasteiger charge is -2.16. The molecule has 0 saturated carbocycles. The lowest BCUT2D eigenvalue weighted by atomic mass is 9.95. The number of carbonyl (C=O) groups excluding carboxylic acids is 2. The van der Waals surface area contributed by atoms with E-state index >= 15 is 0 Å². The second-order valence-electron chi connectivity index (χ2n) is 11.7. The second kappa shape index (κ2) is 14.6. The topological polar surface area (TPSA) is 300 Å². The maximum absolute atomic E-state index is 13.0. The Kier molecular flexibility index (Phi) is 10.3. The van der Waals surface area contributed by atoms with Gasteiger partial charge in [0, 0.05) is 22.3 Å². The fraction of sp³-hybridized carbons (Fsp3) is 0. The van der Waals surface area contributed by atoms with Gasteiger partial charge in [0.2, 0.25) is 11.6 Å². The number of nitrogens with zero attached hydrogens (tertiary/aromatic N) is 2. The van der Waals surface area contributed by atoms with E-state index in [1.165, 1.54) is 60.7 Å². The first kappa shape index (κ1) is 39.7. The fourth-order valence-corrected chi connectivity index (χ4v) is 8.41. The Bertz CT molecular complexity index is 2800. The highest BCUT2D eigenvalue weighted by atomic mass is 32.2. The quantitative estimate of drug-likeness (QED) is 0.0743. The maximum Gasteiger partial charge on any atom is 0.295 e. The molecule has 0 unspecified atom stereocenters. The molecule has 0 amide bonds. The summed E-state index contributed by atoms with van der Waals surface area (Å²) >= 11 is 0. The number of hydrazone groups is 2. The Morgan fingerprint density at radius 1 is 0.464 bits per heavy atom. The van der Waals surface area contributed by atoms with E-state index < -0.39 is 83.1 Å². The molecule has 288 valence electrons. The predicted octanol–water partition coefficient (Wildman–Crippen LogP) is 4.14. The lowest BCUT2D eigenvalue weighted by Crippen LogP contribution is -2.22. The third-order valence-corrected chi connectivity index (χ3v) is 11.7. The van der Waals surface area contributed by atoms with E-state index in [9.17, 15) is 61.5 Å².